The van der Waals surface area contributed by atoms with Gasteiger partial charge in [-0.1, -0.05) is 25.4 Å². The number of hydrogen-bond donors (Lipinski definition) is 1. The van der Waals surface area contributed by atoms with Crippen molar-refractivity contribution < 1.29 is 0 Å². The van der Waals surface area contributed by atoms with Crippen LogP contribution in [0.15, 0.2) is 11.4 Å². The molecular weight excluding hydrogens is 240 g/mol. The lowest BCUT2D eigenvalue weighted by molar-refractivity contribution is 0.224. The highest BCUT2D eigenvalue weighted by Crippen LogP contribution is 2.18. The molecule has 1 atom stereocenters. The van der Waals surface area contributed by atoms with Crippen molar-refractivity contribution >= 4 is 22.9 Å². The highest BCUT2D eigenvalue weighted by Gasteiger charge is 2.14. The standard InChI is InChI=1S/C12H21ClN2S/c1-9(2)12(15(3)4)7-14-6-11-5-10(13)8-16-11/h5,8-9,12,14H,6-7H2,1-4H3. The first-order chi connectivity index (χ1) is 7.50. The highest BCUT2D eigenvalue weighted by atomic mass is 35.5. The summed E-state index contributed by atoms with van der Waals surface area (Å²) in [5, 5.41) is 6.31. The molecule has 1 unspecified atom stereocenters. The third-order valence-corrected chi connectivity index (χ3v) is 3.99. The maximum absolute atomic E-state index is 5.88. The van der Waals surface area contributed by atoms with Crippen LogP contribution < -0.4 is 5.32 Å². The van der Waals surface area contributed by atoms with Gasteiger partial charge in [0.05, 0.1) is 5.02 Å². The molecule has 0 fully saturated rings. The summed E-state index contributed by atoms with van der Waals surface area (Å²) >= 11 is 7.59. The summed E-state index contributed by atoms with van der Waals surface area (Å²) in [5.41, 5.74) is 0. The van der Waals surface area contributed by atoms with Crippen LogP contribution in [0.4, 0.5) is 0 Å². The average molecular weight is 261 g/mol. The van der Waals surface area contributed by atoms with Gasteiger partial charge in [-0.3, -0.25) is 0 Å². The van der Waals surface area contributed by atoms with Crippen molar-refractivity contribution in [3.05, 3.63) is 21.3 Å². The summed E-state index contributed by atoms with van der Waals surface area (Å²) in [6.07, 6.45) is 0. The van der Waals surface area contributed by atoms with E-state index >= 15 is 0 Å². The Labute approximate surface area is 108 Å². The zero-order valence-corrected chi connectivity index (χ0v) is 12.0. The number of hydrogen-bond acceptors (Lipinski definition) is 3. The molecule has 0 aliphatic heterocycles. The SMILES string of the molecule is CC(C)C(CNCc1cc(Cl)cs1)N(C)C. The van der Waals surface area contributed by atoms with Crippen molar-refractivity contribution in [3.8, 4) is 0 Å². The summed E-state index contributed by atoms with van der Waals surface area (Å²) < 4.78 is 0. The van der Waals surface area contributed by atoms with Crippen molar-refractivity contribution in [1.29, 1.82) is 0 Å². The van der Waals surface area contributed by atoms with Crippen LogP contribution >= 0.6 is 22.9 Å². The molecule has 0 saturated heterocycles. The van der Waals surface area contributed by atoms with E-state index in [0.29, 0.717) is 12.0 Å². The lowest BCUT2D eigenvalue weighted by Gasteiger charge is -2.28. The van der Waals surface area contributed by atoms with Crippen molar-refractivity contribution in [3.63, 3.8) is 0 Å². The first kappa shape index (κ1) is 14.0. The number of rotatable bonds is 6. The molecule has 1 heterocycles. The smallest absolute Gasteiger partial charge is 0.0516 e. The van der Waals surface area contributed by atoms with Crippen molar-refractivity contribution in [2.24, 2.45) is 5.92 Å². The first-order valence-corrected chi connectivity index (χ1v) is 6.86. The summed E-state index contributed by atoms with van der Waals surface area (Å²) in [7, 11) is 4.27. The van der Waals surface area contributed by atoms with Crippen molar-refractivity contribution in [1.82, 2.24) is 10.2 Å². The van der Waals surface area contributed by atoms with Gasteiger partial charge in [-0.05, 0) is 26.1 Å². The van der Waals surface area contributed by atoms with Gasteiger partial charge in [0.25, 0.3) is 0 Å². The quantitative estimate of drug-likeness (QED) is 0.846. The Morgan fingerprint density at radius 1 is 1.44 bits per heavy atom. The maximum atomic E-state index is 5.88. The number of nitrogens with zero attached hydrogens (tertiary/aromatic N) is 1. The molecule has 1 aromatic rings. The fraction of sp³-hybridized carbons (Fsp3) is 0.667. The molecule has 0 aromatic carbocycles. The van der Waals surface area contributed by atoms with Crippen LogP contribution in [0.5, 0.6) is 0 Å². The summed E-state index contributed by atoms with van der Waals surface area (Å²) in [6.45, 7) is 6.44. The number of thiophene rings is 1. The molecule has 0 bridgehead atoms. The normalized spacial score (nSPS) is 13.7. The van der Waals surface area contributed by atoms with E-state index in [0.717, 1.165) is 18.1 Å². The van der Waals surface area contributed by atoms with Gasteiger partial charge in [0.15, 0.2) is 0 Å². The van der Waals surface area contributed by atoms with Crippen LogP contribution in [-0.2, 0) is 6.54 Å². The Hall–Kier alpha value is -0.0900. The van der Waals surface area contributed by atoms with Gasteiger partial charge in [-0.2, -0.15) is 0 Å². The third-order valence-electron chi connectivity index (χ3n) is 2.71. The molecule has 1 N–H and O–H groups in total. The third kappa shape index (κ3) is 4.42. The zero-order valence-electron chi connectivity index (χ0n) is 10.5. The van der Waals surface area contributed by atoms with Crippen LogP contribution in [0.3, 0.4) is 0 Å². The summed E-state index contributed by atoms with van der Waals surface area (Å²) in [5.74, 6) is 0.662. The van der Waals surface area contributed by atoms with Crippen molar-refractivity contribution in [2.75, 3.05) is 20.6 Å². The van der Waals surface area contributed by atoms with E-state index in [-0.39, 0.29) is 0 Å². The minimum absolute atomic E-state index is 0.579. The molecule has 16 heavy (non-hydrogen) atoms. The molecule has 0 amide bonds. The molecule has 0 aliphatic carbocycles. The molecule has 92 valence electrons. The minimum Gasteiger partial charge on any atom is -0.310 e. The summed E-state index contributed by atoms with van der Waals surface area (Å²) in [6, 6.07) is 2.61. The second-order valence-corrected chi connectivity index (χ2v) is 6.07. The van der Waals surface area contributed by atoms with Crippen LogP contribution in [0.1, 0.15) is 18.7 Å². The van der Waals surface area contributed by atoms with Crippen LogP contribution in [0, 0.1) is 5.92 Å². The topological polar surface area (TPSA) is 15.3 Å². The van der Waals surface area contributed by atoms with Gasteiger partial charge in [-0.15, -0.1) is 11.3 Å². The second-order valence-electron chi connectivity index (χ2n) is 4.64. The molecular formula is C12H21ClN2S. The molecule has 1 rings (SSSR count). The van der Waals surface area contributed by atoms with Gasteiger partial charge in [0.1, 0.15) is 0 Å². The molecule has 2 nitrogen and oxygen atoms in total. The summed E-state index contributed by atoms with van der Waals surface area (Å²) in [4.78, 5) is 3.57. The fourth-order valence-electron chi connectivity index (χ4n) is 1.80. The number of likely N-dealkylation sites (N-methyl/N-ethyl adjacent to an activating group) is 1. The van der Waals surface area contributed by atoms with Gasteiger partial charge < -0.3 is 10.2 Å². The Balaban J connectivity index is 2.33. The van der Waals surface area contributed by atoms with E-state index in [2.05, 4.69) is 38.2 Å². The molecule has 0 spiro atoms. The van der Waals surface area contributed by atoms with E-state index in [1.807, 2.05) is 11.4 Å². The molecule has 0 saturated carbocycles. The first-order valence-electron chi connectivity index (χ1n) is 5.60. The van der Waals surface area contributed by atoms with E-state index in [4.69, 9.17) is 11.6 Å². The van der Waals surface area contributed by atoms with E-state index in [1.165, 1.54) is 4.88 Å². The minimum atomic E-state index is 0.579. The van der Waals surface area contributed by atoms with Gasteiger partial charge in [0.2, 0.25) is 0 Å². The fourth-order valence-corrected chi connectivity index (χ4v) is 2.85. The van der Waals surface area contributed by atoms with Gasteiger partial charge >= 0.3 is 0 Å². The van der Waals surface area contributed by atoms with E-state index in [9.17, 15) is 0 Å². The number of halogens is 1. The predicted octanol–water partition coefficient (Wildman–Crippen LogP) is 3.08. The van der Waals surface area contributed by atoms with Crippen LogP contribution in [0.2, 0.25) is 5.02 Å². The lowest BCUT2D eigenvalue weighted by Crippen LogP contribution is -2.41. The maximum Gasteiger partial charge on any atom is 0.0516 e. The number of nitrogens with one attached hydrogen (secondary N) is 1. The average Bonchev–Trinajstić information content (AvgIpc) is 2.57. The monoisotopic (exact) mass is 260 g/mol. The molecule has 1 aromatic heterocycles. The Kier molecular flexibility index (Phi) is 5.76. The van der Waals surface area contributed by atoms with E-state index in [1.54, 1.807) is 11.3 Å². The lowest BCUT2D eigenvalue weighted by atomic mass is 10.0. The highest BCUT2D eigenvalue weighted by molar-refractivity contribution is 7.10. The van der Waals surface area contributed by atoms with E-state index < -0.39 is 0 Å². The van der Waals surface area contributed by atoms with Gasteiger partial charge in [-0.25, -0.2) is 0 Å². The molecule has 4 heteroatoms. The Morgan fingerprint density at radius 2 is 2.12 bits per heavy atom. The Bertz CT molecular complexity index is 302. The van der Waals surface area contributed by atoms with Crippen LogP contribution in [-0.4, -0.2) is 31.6 Å². The molecule has 0 aliphatic rings. The van der Waals surface area contributed by atoms with Crippen LogP contribution in [0.25, 0.3) is 0 Å². The van der Waals surface area contributed by atoms with Crippen molar-refractivity contribution in [2.45, 2.75) is 26.4 Å². The van der Waals surface area contributed by atoms with Gasteiger partial charge in [0, 0.05) is 29.4 Å². The Morgan fingerprint density at radius 3 is 2.56 bits per heavy atom. The molecule has 0 radical (unpaired) electrons. The largest absolute Gasteiger partial charge is 0.310 e. The predicted molar refractivity (Wildman–Crippen MR) is 73.3 cm³/mol. The zero-order chi connectivity index (χ0) is 12.1. The second kappa shape index (κ2) is 6.60.